The van der Waals surface area contributed by atoms with Crippen LogP contribution < -0.4 is 11.1 Å². The molecule has 0 spiro atoms. The molecule has 0 saturated carbocycles. The molecule has 0 aliphatic carbocycles. The molecule has 0 bridgehead atoms. The van der Waals surface area contributed by atoms with Gasteiger partial charge >= 0.3 is 0 Å². The van der Waals surface area contributed by atoms with E-state index in [1.165, 1.54) is 0 Å². The van der Waals surface area contributed by atoms with Crippen molar-refractivity contribution in [3.63, 3.8) is 0 Å². The van der Waals surface area contributed by atoms with Gasteiger partial charge in [0.15, 0.2) is 0 Å². The maximum absolute atomic E-state index is 12.2. The first kappa shape index (κ1) is 15.3. The van der Waals surface area contributed by atoms with Crippen molar-refractivity contribution in [2.24, 2.45) is 5.73 Å². The number of furan rings is 1. The Bertz CT molecular complexity index is 821. The second-order valence-corrected chi connectivity index (χ2v) is 5.74. The zero-order chi connectivity index (χ0) is 16.4. The molecule has 1 unspecified atom stereocenters. The smallest absolute Gasteiger partial charge is 0.241 e. The van der Waals surface area contributed by atoms with E-state index in [4.69, 9.17) is 10.2 Å². The fraction of sp³-hybridized carbons (Fsp3) is 0.294. The summed E-state index contributed by atoms with van der Waals surface area (Å²) in [5.41, 5.74) is 9.64. The molecule has 6 heteroatoms. The highest BCUT2D eigenvalue weighted by atomic mass is 16.3. The number of nitrogens with zero attached hydrogens (tertiary/aromatic N) is 1. The van der Waals surface area contributed by atoms with Crippen LogP contribution in [0, 0.1) is 13.8 Å². The van der Waals surface area contributed by atoms with Crippen molar-refractivity contribution >= 4 is 22.6 Å². The summed E-state index contributed by atoms with van der Waals surface area (Å²) in [5, 5.41) is 10.5. The molecule has 3 rings (SSSR count). The lowest BCUT2D eigenvalue weighted by Crippen LogP contribution is -2.35. The van der Waals surface area contributed by atoms with Crippen LogP contribution in [0.2, 0.25) is 0 Å². The number of fused-ring (bicyclic) bond motifs is 1. The molecule has 1 aromatic carbocycles. The first-order chi connectivity index (χ1) is 11.0. The molecule has 6 nitrogen and oxygen atoms in total. The van der Waals surface area contributed by atoms with Crippen LogP contribution in [-0.2, 0) is 11.2 Å². The summed E-state index contributed by atoms with van der Waals surface area (Å²) in [6.07, 6.45) is 4.83. The average molecular weight is 312 g/mol. The van der Waals surface area contributed by atoms with Gasteiger partial charge in [-0.15, -0.1) is 0 Å². The van der Waals surface area contributed by atoms with E-state index in [0.29, 0.717) is 12.8 Å². The molecule has 2 aromatic heterocycles. The lowest BCUT2D eigenvalue weighted by Gasteiger charge is -2.12. The number of anilines is 1. The van der Waals surface area contributed by atoms with E-state index in [1.807, 2.05) is 38.2 Å². The number of carbonyl (C=O) groups excluding carboxylic acids is 1. The SMILES string of the molecule is Cc1oc2ccc(NC(=O)C(N)CCc3cn[nH]c3)cc2c1C. The fourth-order valence-electron chi connectivity index (χ4n) is 2.52. The molecule has 3 aromatic rings. The molecule has 0 radical (unpaired) electrons. The van der Waals surface area contributed by atoms with E-state index < -0.39 is 6.04 Å². The second kappa shape index (κ2) is 6.26. The number of aromatic nitrogens is 2. The van der Waals surface area contributed by atoms with Crippen molar-refractivity contribution in [1.29, 1.82) is 0 Å². The molecule has 0 fully saturated rings. The van der Waals surface area contributed by atoms with E-state index in [1.54, 1.807) is 6.20 Å². The third kappa shape index (κ3) is 3.27. The molecule has 1 atom stereocenters. The van der Waals surface area contributed by atoms with E-state index in [9.17, 15) is 4.79 Å². The van der Waals surface area contributed by atoms with Crippen LogP contribution in [0.1, 0.15) is 23.3 Å². The molecular weight excluding hydrogens is 292 g/mol. The van der Waals surface area contributed by atoms with Crippen molar-refractivity contribution in [1.82, 2.24) is 10.2 Å². The van der Waals surface area contributed by atoms with Crippen molar-refractivity contribution in [2.75, 3.05) is 5.32 Å². The Balaban J connectivity index is 1.65. The summed E-state index contributed by atoms with van der Waals surface area (Å²) in [7, 11) is 0. The van der Waals surface area contributed by atoms with Gasteiger partial charge in [0.1, 0.15) is 11.3 Å². The van der Waals surface area contributed by atoms with Crippen molar-refractivity contribution in [3.8, 4) is 0 Å². The summed E-state index contributed by atoms with van der Waals surface area (Å²) < 4.78 is 5.64. The third-order valence-corrected chi connectivity index (χ3v) is 4.08. The number of amides is 1. The van der Waals surface area contributed by atoms with Gasteiger partial charge < -0.3 is 15.5 Å². The van der Waals surface area contributed by atoms with Crippen LogP contribution >= 0.6 is 0 Å². The van der Waals surface area contributed by atoms with Gasteiger partial charge in [0.05, 0.1) is 12.2 Å². The van der Waals surface area contributed by atoms with Crippen molar-refractivity contribution < 1.29 is 9.21 Å². The van der Waals surface area contributed by atoms with E-state index in [-0.39, 0.29) is 5.91 Å². The Morgan fingerprint density at radius 2 is 2.26 bits per heavy atom. The molecule has 0 saturated heterocycles. The number of H-pyrrole nitrogens is 1. The summed E-state index contributed by atoms with van der Waals surface area (Å²) in [6, 6.07) is 5.04. The molecule has 4 N–H and O–H groups in total. The van der Waals surface area contributed by atoms with Crippen LogP contribution in [0.5, 0.6) is 0 Å². The normalized spacial score (nSPS) is 12.5. The summed E-state index contributed by atoms with van der Waals surface area (Å²) in [5.74, 6) is 0.700. The molecular formula is C17H20N4O2. The zero-order valence-electron chi connectivity index (χ0n) is 13.2. The number of nitrogens with one attached hydrogen (secondary N) is 2. The first-order valence-corrected chi connectivity index (χ1v) is 7.58. The van der Waals surface area contributed by atoms with Crippen LogP contribution in [0.25, 0.3) is 11.0 Å². The van der Waals surface area contributed by atoms with Crippen molar-refractivity contribution in [3.05, 3.63) is 47.5 Å². The Hall–Kier alpha value is -2.60. The topological polar surface area (TPSA) is 96.9 Å². The maximum Gasteiger partial charge on any atom is 0.241 e. The van der Waals surface area contributed by atoms with E-state index in [0.717, 1.165) is 33.5 Å². The third-order valence-electron chi connectivity index (χ3n) is 4.08. The fourth-order valence-corrected chi connectivity index (χ4v) is 2.52. The number of hydrogen-bond donors (Lipinski definition) is 3. The monoisotopic (exact) mass is 312 g/mol. The molecule has 2 heterocycles. The van der Waals surface area contributed by atoms with Gasteiger partial charge in [-0.1, -0.05) is 0 Å². The number of nitrogens with two attached hydrogens (primary N) is 1. The highest BCUT2D eigenvalue weighted by Gasteiger charge is 2.15. The zero-order valence-corrected chi connectivity index (χ0v) is 13.2. The van der Waals surface area contributed by atoms with Gasteiger partial charge in [-0.25, -0.2) is 0 Å². The number of rotatable bonds is 5. The Morgan fingerprint density at radius 1 is 1.43 bits per heavy atom. The molecule has 0 aliphatic heterocycles. The van der Waals surface area contributed by atoms with Crippen molar-refractivity contribution in [2.45, 2.75) is 32.7 Å². The number of aryl methyl sites for hydroxylation is 3. The molecule has 23 heavy (non-hydrogen) atoms. The Kier molecular flexibility index (Phi) is 4.16. The molecule has 1 amide bonds. The largest absolute Gasteiger partial charge is 0.461 e. The second-order valence-electron chi connectivity index (χ2n) is 5.74. The lowest BCUT2D eigenvalue weighted by molar-refractivity contribution is -0.117. The summed E-state index contributed by atoms with van der Waals surface area (Å²) in [6.45, 7) is 3.93. The summed E-state index contributed by atoms with van der Waals surface area (Å²) in [4.78, 5) is 12.2. The predicted molar refractivity (Wildman–Crippen MR) is 89.2 cm³/mol. The number of aromatic amines is 1. The minimum atomic E-state index is -0.562. The first-order valence-electron chi connectivity index (χ1n) is 7.58. The maximum atomic E-state index is 12.2. The lowest BCUT2D eigenvalue weighted by atomic mass is 10.1. The van der Waals surface area contributed by atoms with Gasteiger partial charge in [0, 0.05) is 17.3 Å². The van der Waals surface area contributed by atoms with Gasteiger partial charge in [-0.3, -0.25) is 9.89 Å². The highest BCUT2D eigenvalue weighted by Crippen LogP contribution is 2.27. The standard InChI is InChI=1S/C17H20N4O2/c1-10-11(2)23-16-6-4-13(7-14(10)16)21-17(22)15(18)5-3-12-8-19-20-9-12/h4,6-9,15H,3,5,18H2,1-2H3,(H,19,20)(H,21,22). The minimum absolute atomic E-state index is 0.189. The van der Waals surface area contributed by atoms with Gasteiger partial charge in [0.2, 0.25) is 5.91 Å². The van der Waals surface area contributed by atoms with Gasteiger partial charge in [-0.05, 0) is 56.0 Å². The highest BCUT2D eigenvalue weighted by molar-refractivity contribution is 5.97. The van der Waals surface area contributed by atoms with Crippen LogP contribution in [0.4, 0.5) is 5.69 Å². The molecule has 120 valence electrons. The van der Waals surface area contributed by atoms with Crippen LogP contribution in [-0.4, -0.2) is 22.1 Å². The van der Waals surface area contributed by atoms with E-state index >= 15 is 0 Å². The van der Waals surface area contributed by atoms with Gasteiger partial charge in [-0.2, -0.15) is 5.10 Å². The quantitative estimate of drug-likeness (QED) is 0.674. The Labute approximate surface area is 134 Å². The minimum Gasteiger partial charge on any atom is -0.461 e. The molecule has 0 aliphatic rings. The number of benzene rings is 1. The van der Waals surface area contributed by atoms with E-state index in [2.05, 4.69) is 15.5 Å². The summed E-state index contributed by atoms with van der Waals surface area (Å²) >= 11 is 0. The average Bonchev–Trinajstić information content (AvgIpc) is 3.15. The number of carbonyl (C=O) groups is 1. The number of hydrogen-bond acceptors (Lipinski definition) is 4. The Morgan fingerprint density at radius 3 is 3.00 bits per heavy atom. The van der Waals surface area contributed by atoms with Crippen LogP contribution in [0.15, 0.2) is 35.0 Å². The van der Waals surface area contributed by atoms with Crippen LogP contribution in [0.3, 0.4) is 0 Å². The van der Waals surface area contributed by atoms with Gasteiger partial charge in [0.25, 0.3) is 0 Å². The predicted octanol–water partition coefficient (Wildman–Crippen LogP) is 2.67.